The summed E-state index contributed by atoms with van der Waals surface area (Å²) in [6.45, 7) is 5.65. The second-order valence-electron chi connectivity index (χ2n) is 6.04. The number of benzene rings is 1. The molecule has 1 aromatic carbocycles. The maximum absolute atomic E-state index is 5.31. The van der Waals surface area contributed by atoms with E-state index in [0.717, 1.165) is 17.8 Å². The molecule has 1 N–H and O–H groups in total. The van der Waals surface area contributed by atoms with E-state index in [2.05, 4.69) is 42.3 Å². The van der Waals surface area contributed by atoms with Crippen LogP contribution in [0, 0.1) is 6.92 Å². The largest absolute Gasteiger partial charge is 0.496 e. The van der Waals surface area contributed by atoms with E-state index < -0.39 is 0 Å². The Hall–Kier alpha value is -1.22. The number of aryl methyl sites for hydroxylation is 1. The molecule has 1 heterocycles. The molecule has 2 unspecified atom stereocenters. The fourth-order valence-electron chi connectivity index (χ4n) is 3.28. The number of hydrogen-bond donors (Lipinski definition) is 1. The number of hydrogen-bond acceptors (Lipinski definition) is 3. The summed E-state index contributed by atoms with van der Waals surface area (Å²) in [4.78, 5) is 2.67. The van der Waals surface area contributed by atoms with E-state index in [1.165, 1.54) is 37.1 Å². The summed E-state index contributed by atoms with van der Waals surface area (Å²) < 4.78 is 5.31. The highest BCUT2D eigenvalue weighted by atomic mass is 16.5. The molecule has 0 amide bonds. The first-order valence-corrected chi connectivity index (χ1v) is 7.34. The zero-order valence-corrected chi connectivity index (χ0v) is 12.1. The van der Waals surface area contributed by atoms with E-state index >= 15 is 0 Å². The zero-order chi connectivity index (χ0) is 13.4. The van der Waals surface area contributed by atoms with Gasteiger partial charge in [-0.25, -0.2) is 0 Å². The zero-order valence-electron chi connectivity index (χ0n) is 12.1. The summed E-state index contributed by atoms with van der Waals surface area (Å²) in [5.74, 6) is 0.963. The Bertz CT molecular complexity index is 456. The van der Waals surface area contributed by atoms with Crippen LogP contribution in [0.5, 0.6) is 5.75 Å². The van der Waals surface area contributed by atoms with Crippen molar-refractivity contribution in [3.8, 4) is 5.75 Å². The Morgan fingerprint density at radius 1 is 1.32 bits per heavy atom. The van der Waals surface area contributed by atoms with Crippen LogP contribution in [0.15, 0.2) is 18.2 Å². The summed E-state index contributed by atoms with van der Waals surface area (Å²) >= 11 is 0. The van der Waals surface area contributed by atoms with Gasteiger partial charge in [-0.1, -0.05) is 0 Å². The molecule has 2 atom stereocenters. The van der Waals surface area contributed by atoms with Crippen LogP contribution in [0.1, 0.15) is 31.7 Å². The van der Waals surface area contributed by atoms with Gasteiger partial charge in [-0.3, -0.25) is 4.90 Å². The third kappa shape index (κ3) is 2.71. The van der Waals surface area contributed by atoms with E-state index in [0.29, 0.717) is 6.04 Å². The highest BCUT2D eigenvalue weighted by molar-refractivity contribution is 5.51. The van der Waals surface area contributed by atoms with Crippen LogP contribution < -0.4 is 10.1 Å². The van der Waals surface area contributed by atoms with Crippen LogP contribution in [-0.4, -0.2) is 36.7 Å². The van der Waals surface area contributed by atoms with Crippen molar-refractivity contribution in [2.75, 3.05) is 19.0 Å². The lowest BCUT2D eigenvalue weighted by atomic mass is 10.1. The van der Waals surface area contributed by atoms with Crippen LogP contribution in [0.25, 0.3) is 0 Å². The number of methoxy groups -OCH3 is 1. The predicted octanol–water partition coefficient (Wildman–Crippen LogP) is 3.04. The number of likely N-dealkylation sites (tertiary alicyclic amines) is 1. The van der Waals surface area contributed by atoms with Crippen LogP contribution in [0.4, 0.5) is 5.69 Å². The van der Waals surface area contributed by atoms with Gasteiger partial charge in [0.1, 0.15) is 5.75 Å². The van der Waals surface area contributed by atoms with Gasteiger partial charge in [0.25, 0.3) is 0 Å². The fourth-order valence-corrected chi connectivity index (χ4v) is 3.28. The van der Waals surface area contributed by atoms with Gasteiger partial charge in [0.2, 0.25) is 0 Å². The van der Waals surface area contributed by atoms with Crippen LogP contribution in [-0.2, 0) is 0 Å². The smallest absolute Gasteiger partial charge is 0.121 e. The Labute approximate surface area is 115 Å². The summed E-state index contributed by atoms with van der Waals surface area (Å²) in [5, 5.41) is 3.68. The number of ether oxygens (including phenoxy) is 1. The third-order valence-electron chi connectivity index (χ3n) is 4.40. The first kappa shape index (κ1) is 12.8. The number of anilines is 1. The molecule has 0 spiro atoms. The number of nitrogens with zero attached hydrogens (tertiary/aromatic N) is 1. The van der Waals surface area contributed by atoms with Crippen molar-refractivity contribution >= 4 is 5.69 Å². The van der Waals surface area contributed by atoms with Crippen molar-refractivity contribution in [3.63, 3.8) is 0 Å². The second kappa shape index (κ2) is 5.04. The third-order valence-corrected chi connectivity index (χ3v) is 4.40. The molecule has 0 radical (unpaired) electrons. The Balaban J connectivity index is 1.64. The lowest BCUT2D eigenvalue weighted by molar-refractivity contribution is 0.257. The molecular weight excluding hydrogens is 236 g/mol. The highest BCUT2D eigenvalue weighted by Crippen LogP contribution is 2.34. The van der Waals surface area contributed by atoms with Crippen molar-refractivity contribution in [3.05, 3.63) is 23.8 Å². The molecule has 1 aliphatic heterocycles. The topological polar surface area (TPSA) is 24.5 Å². The number of rotatable bonds is 4. The average molecular weight is 260 g/mol. The molecule has 2 fully saturated rings. The minimum atomic E-state index is 0.586. The lowest BCUT2D eigenvalue weighted by Crippen LogP contribution is -2.31. The molecule has 1 saturated carbocycles. The molecule has 0 bridgehead atoms. The van der Waals surface area contributed by atoms with Crippen molar-refractivity contribution in [2.45, 2.75) is 51.2 Å². The predicted molar refractivity (Wildman–Crippen MR) is 78.9 cm³/mol. The van der Waals surface area contributed by atoms with E-state index in [9.17, 15) is 0 Å². The highest BCUT2D eigenvalue weighted by Gasteiger charge is 2.38. The van der Waals surface area contributed by atoms with Gasteiger partial charge in [0.15, 0.2) is 0 Å². The van der Waals surface area contributed by atoms with Gasteiger partial charge in [-0.05, 0) is 56.9 Å². The first-order chi connectivity index (χ1) is 9.17. The van der Waals surface area contributed by atoms with E-state index in [1.807, 2.05) is 0 Å². The molecule has 2 aliphatic rings. The van der Waals surface area contributed by atoms with Crippen LogP contribution >= 0.6 is 0 Å². The molecule has 104 valence electrons. The lowest BCUT2D eigenvalue weighted by Gasteiger charge is -2.20. The maximum atomic E-state index is 5.31. The van der Waals surface area contributed by atoms with Crippen LogP contribution in [0.2, 0.25) is 0 Å². The molecule has 3 nitrogen and oxygen atoms in total. The minimum Gasteiger partial charge on any atom is -0.496 e. The van der Waals surface area contributed by atoms with E-state index in [-0.39, 0.29) is 0 Å². The van der Waals surface area contributed by atoms with Gasteiger partial charge in [0, 0.05) is 30.4 Å². The normalized spacial score (nSPS) is 27.5. The van der Waals surface area contributed by atoms with Crippen molar-refractivity contribution in [2.24, 2.45) is 0 Å². The molecule has 19 heavy (non-hydrogen) atoms. The van der Waals surface area contributed by atoms with Crippen molar-refractivity contribution in [1.29, 1.82) is 0 Å². The van der Waals surface area contributed by atoms with Gasteiger partial charge in [-0.15, -0.1) is 0 Å². The molecule has 0 aromatic heterocycles. The van der Waals surface area contributed by atoms with Gasteiger partial charge in [0.05, 0.1) is 7.11 Å². The second-order valence-corrected chi connectivity index (χ2v) is 6.04. The molecule has 1 saturated heterocycles. The molecule has 1 aliphatic carbocycles. The monoisotopic (exact) mass is 260 g/mol. The molecule has 3 heteroatoms. The molecular formula is C16H24N2O. The van der Waals surface area contributed by atoms with Gasteiger partial charge < -0.3 is 10.1 Å². The van der Waals surface area contributed by atoms with Gasteiger partial charge in [-0.2, -0.15) is 0 Å². The summed E-state index contributed by atoms with van der Waals surface area (Å²) in [6.07, 6.45) is 4.05. The summed E-state index contributed by atoms with van der Waals surface area (Å²) in [5.41, 5.74) is 2.41. The number of nitrogens with one attached hydrogen (secondary N) is 1. The maximum Gasteiger partial charge on any atom is 0.121 e. The summed E-state index contributed by atoms with van der Waals surface area (Å²) in [7, 11) is 1.72. The van der Waals surface area contributed by atoms with E-state index in [4.69, 9.17) is 4.74 Å². The molecule has 3 rings (SSSR count). The average Bonchev–Trinajstić information content (AvgIpc) is 3.15. The Morgan fingerprint density at radius 3 is 2.74 bits per heavy atom. The quantitative estimate of drug-likeness (QED) is 0.900. The van der Waals surface area contributed by atoms with Crippen LogP contribution in [0.3, 0.4) is 0 Å². The Morgan fingerprint density at radius 2 is 2.11 bits per heavy atom. The first-order valence-electron chi connectivity index (χ1n) is 7.34. The minimum absolute atomic E-state index is 0.586. The Kier molecular flexibility index (Phi) is 3.40. The fraction of sp³-hybridized carbons (Fsp3) is 0.625. The van der Waals surface area contributed by atoms with Crippen molar-refractivity contribution in [1.82, 2.24) is 4.90 Å². The van der Waals surface area contributed by atoms with E-state index in [1.54, 1.807) is 7.11 Å². The van der Waals surface area contributed by atoms with Gasteiger partial charge >= 0.3 is 0 Å². The molecule has 1 aromatic rings. The SMILES string of the molecule is COc1ccc(NC2CC(C)N(C3CC3)C2)cc1C. The summed E-state index contributed by atoms with van der Waals surface area (Å²) in [6, 6.07) is 8.54. The standard InChI is InChI=1S/C16H24N2O/c1-11-8-13(4-7-16(11)19-3)17-14-9-12(2)18(10-14)15-5-6-15/h4,7-8,12,14-15,17H,5-6,9-10H2,1-3H3. The van der Waals surface area contributed by atoms with Crippen molar-refractivity contribution < 1.29 is 4.74 Å².